The number of hydrogen-bond donors (Lipinski definition) is 0. The number of ketones is 1. The van der Waals surface area contributed by atoms with E-state index >= 15 is 0 Å². The Hall–Kier alpha value is -1.74. The molecule has 0 fully saturated rings. The van der Waals surface area contributed by atoms with Crippen LogP contribution in [0.2, 0.25) is 0 Å². The van der Waals surface area contributed by atoms with E-state index < -0.39 is 0 Å². The lowest BCUT2D eigenvalue weighted by atomic mass is 10.1. The van der Waals surface area contributed by atoms with Gasteiger partial charge in [0.2, 0.25) is 0 Å². The Balaban J connectivity index is 1.91. The molecule has 0 bridgehead atoms. The predicted molar refractivity (Wildman–Crippen MR) is 79.9 cm³/mol. The van der Waals surface area contributed by atoms with E-state index in [1.165, 1.54) is 5.56 Å². The van der Waals surface area contributed by atoms with E-state index in [0.29, 0.717) is 17.1 Å². The molecule has 0 N–H and O–H groups in total. The fraction of sp³-hybridized carbons (Fsp3) is 0.188. The van der Waals surface area contributed by atoms with E-state index in [1.807, 2.05) is 42.5 Å². The summed E-state index contributed by atoms with van der Waals surface area (Å²) in [6, 6.07) is 17.5. The zero-order valence-corrected chi connectivity index (χ0v) is 11.7. The van der Waals surface area contributed by atoms with Gasteiger partial charge < -0.3 is 4.74 Å². The first-order chi connectivity index (χ1) is 9.31. The van der Waals surface area contributed by atoms with E-state index in [0.717, 1.165) is 5.75 Å². The molecule has 0 aliphatic heterocycles. The highest BCUT2D eigenvalue weighted by molar-refractivity contribution is 7.99. The van der Waals surface area contributed by atoms with Gasteiger partial charge in [-0.1, -0.05) is 42.5 Å². The maximum absolute atomic E-state index is 12.1. The van der Waals surface area contributed by atoms with Crippen LogP contribution in [-0.2, 0) is 5.75 Å². The maximum atomic E-state index is 12.1. The van der Waals surface area contributed by atoms with Crippen LogP contribution >= 0.6 is 11.8 Å². The molecule has 98 valence electrons. The van der Waals surface area contributed by atoms with Gasteiger partial charge >= 0.3 is 0 Å². The van der Waals surface area contributed by atoms with E-state index in [-0.39, 0.29) is 5.78 Å². The molecule has 2 nitrogen and oxygen atoms in total. The second kappa shape index (κ2) is 7.00. The van der Waals surface area contributed by atoms with Gasteiger partial charge in [0.15, 0.2) is 5.78 Å². The van der Waals surface area contributed by atoms with Crippen LogP contribution in [0.4, 0.5) is 0 Å². The lowest BCUT2D eigenvalue weighted by molar-refractivity contribution is 0.101. The molecule has 0 heterocycles. The summed E-state index contributed by atoms with van der Waals surface area (Å²) in [5, 5.41) is 0. The molecule has 2 rings (SSSR count). The van der Waals surface area contributed by atoms with Gasteiger partial charge in [0, 0.05) is 5.75 Å². The Labute approximate surface area is 117 Å². The molecule has 0 unspecified atom stereocenters. The first-order valence-corrected chi connectivity index (χ1v) is 7.24. The molecule has 0 aromatic heterocycles. The third-order valence-corrected chi connectivity index (χ3v) is 3.76. The third-order valence-electron chi connectivity index (χ3n) is 2.75. The molecule has 0 radical (unpaired) electrons. The standard InChI is InChI=1S/C16H16O2S/c1-18-16-10-6-5-9-14(16)15(17)12-19-11-13-7-3-2-4-8-13/h2-10H,11-12H2,1H3. The number of carbonyl (C=O) groups excluding carboxylic acids is 1. The normalized spacial score (nSPS) is 10.2. The van der Waals surface area contributed by atoms with Crippen molar-refractivity contribution in [1.82, 2.24) is 0 Å². The molecule has 0 spiro atoms. The van der Waals surface area contributed by atoms with Crippen LogP contribution in [0.3, 0.4) is 0 Å². The van der Waals surface area contributed by atoms with Crippen molar-refractivity contribution in [3.8, 4) is 5.75 Å². The first-order valence-electron chi connectivity index (χ1n) is 6.09. The maximum Gasteiger partial charge on any atom is 0.176 e. The quantitative estimate of drug-likeness (QED) is 0.748. The number of benzene rings is 2. The predicted octanol–water partition coefficient (Wildman–Crippen LogP) is 3.81. The van der Waals surface area contributed by atoms with Gasteiger partial charge in [0.25, 0.3) is 0 Å². The number of thioether (sulfide) groups is 1. The fourth-order valence-corrected chi connectivity index (χ4v) is 2.66. The molecule has 2 aromatic rings. The van der Waals surface area contributed by atoms with Crippen molar-refractivity contribution in [3.63, 3.8) is 0 Å². The number of hydrogen-bond acceptors (Lipinski definition) is 3. The average Bonchev–Trinajstić information content (AvgIpc) is 2.48. The highest BCUT2D eigenvalue weighted by atomic mass is 32.2. The molecule has 3 heteroatoms. The summed E-state index contributed by atoms with van der Waals surface area (Å²) in [6.45, 7) is 0. The second-order valence-corrected chi connectivity index (χ2v) is 5.09. The molecular weight excluding hydrogens is 256 g/mol. The third kappa shape index (κ3) is 3.86. The summed E-state index contributed by atoms with van der Waals surface area (Å²) in [6.07, 6.45) is 0. The second-order valence-electron chi connectivity index (χ2n) is 4.10. The Kier molecular flexibility index (Phi) is 5.04. The summed E-state index contributed by atoms with van der Waals surface area (Å²) in [7, 11) is 1.59. The van der Waals surface area contributed by atoms with Crippen molar-refractivity contribution >= 4 is 17.5 Å². The summed E-state index contributed by atoms with van der Waals surface area (Å²) in [5.41, 5.74) is 1.89. The molecule has 19 heavy (non-hydrogen) atoms. The van der Waals surface area contributed by atoms with Crippen LogP contribution in [0.25, 0.3) is 0 Å². The summed E-state index contributed by atoms with van der Waals surface area (Å²) in [4.78, 5) is 12.1. The molecule has 0 amide bonds. The van der Waals surface area contributed by atoms with Gasteiger partial charge in [0.1, 0.15) is 5.75 Å². The van der Waals surface area contributed by atoms with Crippen LogP contribution in [0.1, 0.15) is 15.9 Å². The topological polar surface area (TPSA) is 26.3 Å². The van der Waals surface area contributed by atoms with Crippen LogP contribution in [-0.4, -0.2) is 18.6 Å². The van der Waals surface area contributed by atoms with E-state index in [2.05, 4.69) is 12.1 Å². The van der Waals surface area contributed by atoms with Crippen LogP contribution in [0, 0.1) is 0 Å². The van der Waals surface area contributed by atoms with Crippen molar-refractivity contribution in [1.29, 1.82) is 0 Å². The van der Waals surface area contributed by atoms with Crippen molar-refractivity contribution in [3.05, 3.63) is 65.7 Å². The molecule has 0 aliphatic rings. The van der Waals surface area contributed by atoms with Gasteiger partial charge in [-0.3, -0.25) is 4.79 Å². The summed E-state index contributed by atoms with van der Waals surface area (Å²) < 4.78 is 5.20. The minimum Gasteiger partial charge on any atom is -0.496 e. The monoisotopic (exact) mass is 272 g/mol. The Bertz CT molecular complexity index is 537. The van der Waals surface area contributed by atoms with Crippen molar-refractivity contribution in [2.45, 2.75) is 5.75 Å². The van der Waals surface area contributed by atoms with Crippen molar-refractivity contribution in [2.75, 3.05) is 12.9 Å². The summed E-state index contributed by atoms with van der Waals surface area (Å²) >= 11 is 1.62. The number of methoxy groups -OCH3 is 1. The number of rotatable bonds is 6. The van der Waals surface area contributed by atoms with Gasteiger partial charge in [-0.15, -0.1) is 11.8 Å². The Morgan fingerprint density at radius 1 is 1.05 bits per heavy atom. The van der Waals surface area contributed by atoms with Crippen LogP contribution in [0.15, 0.2) is 54.6 Å². The van der Waals surface area contributed by atoms with Crippen LogP contribution < -0.4 is 4.74 Å². The van der Waals surface area contributed by atoms with Crippen molar-refractivity contribution < 1.29 is 9.53 Å². The summed E-state index contributed by atoms with van der Waals surface area (Å²) in [5.74, 6) is 2.07. The molecule has 0 saturated carbocycles. The van der Waals surface area contributed by atoms with Gasteiger partial charge in [-0.25, -0.2) is 0 Å². The van der Waals surface area contributed by atoms with Crippen molar-refractivity contribution in [2.24, 2.45) is 0 Å². The first kappa shape index (κ1) is 13.7. The highest BCUT2D eigenvalue weighted by Crippen LogP contribution is 2.20. The highest BCUT2D eigenvalue weighted by Gasteiger charge is 2.11. The molecule has 0 atom stereocenters. The Morgan fingerprint density at radius 3 is 2.47 bits per heavy atom. The molecule has 0 aliphatic carbocycles. The number of carbonyl (C=O) groups is 1. The minimum absolute atomic E-state index is 0.110. The van der Waals surface area contributed by atoms with E-state index in [9.17, 15) is 4.79 Å². The van der Waals surface area contributed by atoms with E-state index in [4.69, 9.17) is 4.74 Å². The molecule has 2 aromatic carbocycles. The largest absolute Gasteiger partial charge is 0.496 e. The molecule has 0 saturated heterocycles. The van der Waals surface area contributed by atoms with Crippen LogP contribution in [0.5, 0.6) is 5.75 Å². The number of ether oxygens (including phenoxy) is 1. The zero-order valence-electron chi connectivity index (χ0n) is 10.8. The number of para-hydroxylation sites is 1. The van der Waals surface area contributed by atoms with Gasteiger partial charge in [-0.05, 0) is 17.7 Å². The SMILES string of the molecule is COc1ccccc1C(=O)CSCc1ccccc1. The fourth-order valence-electron chi connectivity index (χ4n) is 1.79. The lowest BCUT2D eigenvalue weighted by Gasteiger charge is -2.07. The smallest absolute Gasteiger partial charge is 0.176 e. The molecular formula is C16H16O2S. The van der Waals surface area contributed by atoms with E-state index in [1.54, 1.807) is 18.9 Å². The van der Waals surface area contributed by atoms with Gasteiger partial charge in [-0.2, -0.15) is 0 Å². The Morgan fingerprint density at radius 2 is 1.74 bits per heavy atom. The average molecular weight is 272 g/mol. The van der Waals surface area contributed by atoms with Gasteiger partial charge in [0.05, 0.1) is 18.4 Å². The minimum atomic E-state index is 0.110. The number of Topliss-reactive ketones (excluding diaryl/α,β-unsaturated/α-hetero) is 1. The zero-order chi connectivity index (χ0) is 13.5. The lowest BCUT2D eigenvalue weighted by Crippen LogP contribution is -2.05.